The average Bonchev–Trinajstić information content (AvgIpc) is 3.08. The van der Waals surface area contributed by atoms with E-state index < -0.39 is 9.84 Å². The van der Waals surface area contributed by atoms with Gasteiger partial charge in [-0.1, -0.05) is 13.8 Å². The van der Waals surface area contributed by atoms with Crippen LogP contribution in [0.3, 0.4) is 0 Å². The van der Waals surface area contributed by atoms with Crippen LogP contribution in [0.4, 0.5) is 0 Å². The average molecular weight is 270 g/mol. The van der Waals surface area contributed by atoms with Crippen molar-refractivity contribution in [2.45, 2.75) is 51.2 Å². The number of hydrogen-bond donors (Lipinski definition) is 0. The molecule has 4 fully saturated rings. The van der Waals surface area contributed by atoms with Gasteiger partial charge < -0.3 is 0 Å². The summed E-state index contributed by atoms with van der Waals surface area (Å²) in [7, 11) is -2.79. The Labute approximate surface area is 111 Å². The van der Waals surface area contributed by atoms with Crippen molar-refractivity contribution < 1.29 is 8.42 Å². The fourth-order valence-electron chi connectivity index (χ4n) is 6.00. The van der Waals surface area contributed by atoms with E-state index in [0.717, 1.165) is 36.0 Å². The molecule has 0 N–H and O–H groups in total. The quantitative estimate of drug-likeness (QED) is 0.686. The minimum Gasteiger partial charge on any atom is -0.229 e. The lowest BCUT2D eigenvalue weighted by molar-refractivity contribution is 0.148. The molecule has 0 radical (unpaired) electrons. The largest absolute Gasteiger partial charge is 0.229 e. The summed E-state index contributed by atoms with van der Waals surface area (Å²) in [6.45, 7) is 4.00. The molecule has 4 saturated carbocycles. The van der Waals surface area contributed by atoms with E-state index >= 15 is 0 Å². The van der Waals surface area contributed by atoms with Gasteiger partial charge in [0.25, 0.3) is 0 Å². The molecule has 2 nitrogen and oxygen atoms in total. The molecule has 7 atom stereocenters. The van der Waals surface area contributed by atoms with E-state index in [-0.39, 0.29) is 5.25 Å². The van der Waals surface area contributed by atoms with Gasteiger partial charge in [-0.25, -0.2) is 8.42 Å². The van der Waals surface area contributed by atoms with Gasteiger partial charge in [0.15, 0.2) is 9.84 Å². The molecule has 0 aromatic rings. The van der Waals surface area contributed by atoms with Crippen LogP contribution in [-0.4, -0.2) is 19.9 Å². The summed E-state index contributed by atoms with van der Waals surface area (Å²) in [6.07, 6.45) is 7.96. The van der Waals surface area contributed by atoms with Gasteiger partial charge in [0, 0.05) is 6.26 Å². The first kappa shape index (κ1) is 13.0. The maximum absolute atomic E-state index is 11.8. The monoisotopic (exact) mass is 270 g/mol. The maximum Gasteiger partial charge on any atom is 0.150 e. The molecule has 4 aliphatic carbocycles. The standard InChI is InChI=1S/C13H20O2S.C2H6/c1-16(14,15)11-6-9-5-10(11)13-8-3-2-7(4-8)12(9)13;1-2/h7-13H,2-6H2,1H3;1-2H3. The third-order valence-electron chi connectivity index (χ3n) is 6.22. The third-order valence-corrected chi connectivity index (χ3v) is 7.86. The fraction of sp³-hybridized carbons (Fsp3) is 1.00. The molecule has 0 aromatic carbocycles. The lowest BCUT2D eigenvalue weighted by atomic mass is 9.71. The van der Waals surface area contributed by atoms with Crippen LogP contribution in [-0.2, 0) is 9.84 Å². The van der Waals surface area contributed by atoms with Gasteiger partial charge in [-0.2, -0.15) is 0 Å². The Morgan fingerprint density at radius 1 is 0.833 bits per heavy atom. The van der Waals surface area contributed by atoms with E-state index in [1.165, 1.54) is 31.9 Å². The van der Waals surface area contributed by atoms with Gasteiger partial charge >= 0.3 is 0 Å². The maximum atomic E-state index is 11.8. The van der Waals surface area contributed by atoms with Crippen LogP contribution in [0.2, 0.25) is 0 Å². The lowest BCUT2D eigenvalue weighted by Gasteiger charge is -2.37. The Hall–Kier alpha value is -0.0500. The zero-order valence-corrected chi connectivity index (χ0v) is 12.6. The zero-order valence-electron chi connectivity index (χ0n) is 11.8. The van der Waals surface area contributed by atoms with Gasteiger partial charge in [-0.15, -0.1) is 0 Å². The predicted molar refractivity (Wildman–Crippen MR) is 74.0 cm³/mol. The van der Waals surface area contributed by atoms with Crippen LogP contribution >= 0.6 is 0 Å². The van der Waals surface area contributed by atoms with E-state index in [2.05, 4.69) is 0 Å². The molecule has 4 aliphatic rings. The molecule has 0 spiro atoms. The summed E-state index contributed by atoms with van der Waals surface area (Å²) in [5, 5.41) is 0.0260. The Balaban J connectivity index is 0.000000478. The Kier molecular flexibility index (Phi) is 3.04. The Bertz CT molecular complexity index is 428. The lowest BCUT2D eigenvalue weighted by Crippen LogP contribution is -2.38. The zero-order chi connectivity index (χ0) is 13.1. The van der Waals surface area contributed by atoms with Crippen LogP contribution in [0.15, 0.2) is 0 Å². The van der Waals surface area contributed by atoms with Crippen LogP contribution in [0.25, 0.3) is 0 Å². The molecule has 18 heavy (non-hydrogen) atoms. The first-order chi connectivity index (χ1) is 8.55. The molecule has 4 bridgehead atoms. The van der Waals surface area contributed by atoms with Gasteiger partial charge in [0.2, 0.25) is 0 Å². The Morgan fingerprint density at radius 3 is 2.06 bits per heavy atom. The molecule has 0 heterocycles. The summed E-state index contributed by atoms with van der Waals surface area (Å²) < 4.78 is 23.6. The first-order valence-corrected chi connectivity index (χ1v) is 9.70. The van der Waals surface area contributed by atoms with Gasteiger partial charge in [-0.3, -0.25) is 0 Å². The van der Waals surface area contributed by atoms with E-state index in [1.54, 1.807) is 0 Å². The predicted octanol–water partition coefficient (Wildman–Crippen LogP) is 3.13. The molecule has 3 heteroatoms. The van der Waals surface area contributed by atoms with Crippen molar-refractivity contribution in [1.82, 2.24) is 0 Å². The minimum absolute atomic E-state index is 0.0260. The van der Waals surface area contributed by atoms with Gasteiger partial charge in [-0.05, 0) is 67.6 Å². The van der Waals surface area contributed by atoms with Gasteiger partial charge in [0.1, 0.15) is 0 Å². The SMILES string of the molecule is CC.CS(=O)(=O)C1CC2CC1C1C3CCC(C3)C21. The van der Waals surface area contributed by atoms with Crippen molar-refractivity contribution in [3.05, 3.63) is 0 Å². The summed E-state index contributed by atoms with van der Waals surface area (Å²) >= 11 is 0. The van der Waals surface area contributed by atoms with Crippen molar-refractivity contribution >= 4 is 9.84 Å². The molecule has 0 saturated heterocycles. The van der Waals surface area contributed by atoms with Crippen molar-refractivity contribution in [1.29, 1.82) is 0 Å². The fourth-order valence-corrected chi connectivity index (χ4v) is 7.52. The van der Waals surface area contributed by atoms with E-state index in [1.807, 2.05) is 13.8 Å². The smallest absolute Gasteiger partial charge is 0.150 e. The molecule has 0 aliphatic heterocycles. The third kappa shape index (κ3) is 1.62. The highest BCUT2D eigenvalue weighted by atomic mass is 32.2. The Morgan fingerprint density at radius 2 is 1.44 bits per heavy atom. The van der Waals surface area contributed by atoms with Crippen LogP contribution in [0.5, 0.6) is 0 Å². The summed E-state index contributed by atoms with van der Waals surface area (Å²) in [4.78, 5) is 0. The summed E-state index contributed by atoms with van der Waals surface area (Å²) in [5.74, 6) is 4.92. The van der Waals surface area contributed by atoms with Gasteiger partial charge in [0.05, 0.1) is 5.25 Å². The van der Waals surface area contributed by atoms with E-state index in [0.29, 0.717) is 5.92 Å². The van der Waals surface area contributed by atoms with Crippen molar-refractivity contribution in [2.24, 2.45) is 35.5 Å². The van der Waals surface area contributed by atoms with Crippen molar-refractivity contribution in [3.8, 4) is 0 Å². The van der Waals surface area contributed by atoms with Crippen molar-refractivity contribution in [3.63, 3.8) is 0 Å². The minimum atomic E-state index is -2.79. The van der Waals surface area contributed by atoms with Crippen LogP contribution in [0.1, 0.15) is 46.0 Å². The summed E-state index contributed by atoms with van der Waals surface area (Å²) in [5.41, 5.74) is 0. The van der Waals surface area contributed by atoms with E-state index in [9.17, 15) is 8.42 Å². The number of fused-ring (bicyclic) bond motifs is 9. The van der Waals surface area contributed by atoms with Crippen LogP contribution < -0.4 is 0 Å². The second-order valence-electron chi connectivity index (χ2n) is 6.75. The molecular weight excluding hydrogens is 244 g/mol. The van der Waals surface area contributed by atoms with E-state index in [4.69, 9.17) is 0 Å². The highest BCUT2D eigenvalue weighted by Crippen LogP contribution is 2.68. The van der Waals surface area contributed by atoms with Crippen LogP contribution in [0, 0.1) is 35.5 Å². The molecule has 7 unspecified atom stereocenters. The number of hydrogen-bond acceptors (Lipinski definition) is 2. The second-order valence-corrected chi connectivity index (χ2v) is 9.02. The molecule has 104 valence electrons. The highest BCUT2D eigenvalue weighted by Gasteiger charge is 2.63. The van der Waals surface area contributed by atoms with Crippen molar-refractivity contribution in [2.75, 3.05) is 6.26 Å². The normalized spacial score (nSPS) is 52.1. The highest BCUT2D eigenvalue weighted by molar-refractivity contribution is 7.91. The first-order valence-electron chi connectivity index (χ1n) is 7.74. The molecule has 0 amide bonds. The second kappa shape index (κ2) is 4.22. The number of rotatable bonds is 1. The molecular formula is C15H26O2S. The molecule has 4 rings (SSSR count). The number of sulfone groups is 1. The topological polar surface area (TPSA) is 34.1 Å². The molecule has 0 aromatic heterocycles. The summed E-state index contributed by atoms with van der Waals surface area (Å²) in [6, 6.07) is 0.